The third-order valence-electron chi connectivity index (χ3n) is 4.66. The minimum Gasteiger partial charge on any atom is -0.496 e. The molecule has 32 heavy (non-hydrogen) atoms. The number of oxazole rings is 1. The third-order valence-corrected chi connectivity index (χ3v) is 5.77. The summed E-state index contributed by atoms with van der Waals surface area (Å²) >= 11 is 6.90. The number of rotatable bonds is 6. The second-order valence-corrected chi connectivity index (χ2v) is 8.53. The summed E-state index contributed by atoms with van der Waals surface area (Å²) in [5, 5.41) is 2.85. The Labute approximate surface area is 201 Å². The van der Waals surface area contributed by atoms with Crippen molar-refractivity contribution in [2.24, 2.45) is 0 Å². The number of aromatic nitrogens is 1. The Morgan fingerprint density at radius 3 is 2.53 bits per heavy atom. The van der Waals surface area contributed by atoms with Gasteiger partial charge < -0.3 is 19.2 Å². The number of methoxy groups -OCH3 is 2. The lowest BCUT2D eigenvalue weighted by Gasteiger charge is -2.05. The molecule has 162 valence electrons. The maximum atomic E-state index is 12.4. The lowest BCUT2D eigenvalue weighted by molar-refractivity contribution is -0.111. The Morgan fingerprint density at radius 2 is 1.78 bits per heavy atom. The SMILES string of the molecule is COc1ccc(-c2nc3cc(NC(=O)C=Cc4cc(Br)ccc4OC)ccc3o2)cc1Br. The van der Waals surface area contributed by atoms with Gasteiger partial charge in [-0.25, -0.2) is 4.98 Å². The zero-order valence-electron chi connectivity index (χ0n) is 17.2. The highest BCUT2D eigenvalue weighted by Crippen LogP contribution is 2.32. The first-order valence-electron chi connectivity index (χ1n) is 9.54. The van der Waals surface area contributed by atoms with Crippen LogP contribution in [0.5, 0.6) is 11.5 Å². The molecule has 0 fully saturated rings. The van der Waals surface area contributed by atoms with Crippen molar-refractivity contribution in [3.8, 4) is 23.0 Å². The van der Waals surface area contributed by atoms with Gasteiger partial charge in [0.1, 0.15) is 17.0 Å². The molecule has 0 aliphatic rings. The van der Waals surface area contributed by atoms with Gasteiger partial charge in [0.25, 0.3) is 0 Å². The van der Waals surface area contributed by atoms with Gasteiger partial charge in [0, 0.05) is 27.4 Å². The largest absolute Gasteiger partial charge is 0.496 e. The molecule has 0 atom stereocenters. The molecule has 1 aromatic heterocycles. The number of halogens is 2. The number of benzene rings is 3. The molecule has 0 aliphatic carbocycles. The average molecular weight is 558 g/mol. The second kappa shape index (κ2) is 9.58. The highest BCUT2D eigenvalue weighted by molar-refractivity contribution is 9.10. The number of anilines is 1. The van der Waals surface area contributed by atoms with Crippen molar-refractivity contribution in [3.05, 3.63) is 75.2 Å². The minimum atomic E-state index is -0.269. The standard InChI is InChI=1S/C24H18Br2N2O4/c1-30-20-8-5-16(25)11-14(20)4-10-23(29)27-17-6-9-22-19(13-17)28-24(32-22)15-3-7-21(31-2)18(26)12-15/h3-13H,1-2H3,(H,27,29). The van der Waals surface area contributed by atoms with Gasteiger partial charge in [-0.15, -0.1) is 0 Å². The minimum absolute atomic E-state index is 0.269. The number of carbonyl (C=O) groups is 1. The van der Waals surface area contributed by atoms with Crippen LogP contribution in [-0.2, 0) is 4.79 Å². The molecule has 0 radical (unpaired) electrons. The first kappa shape index (κ1) is 22.1. The summed E-state index contributed by atoms with van der Waals surface area (Å²) in [4.78, 5) is 17.0. The second-order valence-electron chi connectivity index (χ2n) is 6.76. The summed E-state index contributed by atoms with van der Waals surface area (Å²) in [6.07, 6.45) is 3.16. The number of hydrogen-bond donors (Lipinski definition) is 1. The van der Waals surface area contributed by atoms with Gasteiger partial charge >= 0.3 is 0 Å². The molecule has 1 heterocycles. The summed E-state index contributed by atoms with van der Waals surface area (Å²) in [7, 11) is 3.20. The maximum absolute atomic E-state index is 12.4. The number of hydrogen-bond acceptors (Lipinski definition) is 5. The van der Waals surface area contributed by atoms with E-state index in [1.807, 2.05) is 36.4 Å². The van der Waals surface area contributed by atoms with E-state index in [0.29, 0.717) is 28.4 Å². The average Bonchev–Trinajstić information content (AvgIpc) is 3.21. The van der Waals surface area contributed by atoms with Gasteiger partial charge in [0.2, 0.25) is 11.8 Å². The topological polar surface area (TPSA) is 73.6 Å². The lowest BCUT2D eigenvalue weighted by atomic mass is 10.2. The van der Waals surface area contributed by atoms with E-state index in [1.54, 1.807) is 38.5 Å². The van der Waals surface area contributed by atoms with Crippen molar-refractivity contribution >= 4 is 60.6 Å². The monoisotopic (exact) mass is 556 g/mol. The summed E-state index contributed by atoms with van der Waals surface area (Å²) in [6, 6.07) is 16.5. The van der Waals surface area contributed by atoms with E-state index in [0.717, 1.165) is 25.8 Å². The fourth-order valence-electron chi connectivity index (χ4n) is 3.11. The van der Waals surface area contributed by atoms with E-state index in [9.17, 15) is 4.79 Å². The number of nitrogens with one attached hydrogen (secondary N) is 1. The van der Waals surface area contributed by atoms with Gasteiger partial charge in [-0.3, -0.25) is 4.79 Å². The fraction of sp³-hybridized carbons (Fsp3) is 0.0833. The summed E-state index contributed by atoms with van der Waals surface area (Å²) < 4.78 is 18.2. The molecule has 0 saturated heterocycles. The molecular formula is C24H18Br2N2O4. The normalized spacial score (nSPS) is 11.1. The molecule has 0 aliphatic heterocycles. The van der Waals surface area contributed by atoms with E-state index < -0.39 is 0 Å². The molecule has 8 heteroatoms. The molecule has 0 saturated carbocycles. The van der Waals surface area contributed by atoms with Crippen LogP contribution in [0.1, 0.15) is 5.56 Å². The Hall–Kier alpha value is -3.10. The summed E-state index contributed by atoms with van der Waals surface area (Å²) in [5.74, 6) is 1.62. The van der Waals surface area contributed by atoms with E-state index in [2.05, 4.69) is 42.2 Å². The van der Waals surface area contributed by atoms with Gasteiger partial charge in [-0.05, 0) is 76.6 Å². The van der Waals surface area contributed by atoms with Crippen molar-refractivity contribution in [1.82, 2.24) is 4.98 Å². The van der Waals surface area contributed by atoms with Gasteiger partial charge in [-0.2, -0.15) is 0 Å². The van der Waals surface area contributed by atoms with Crippen molar-refractivity contribution in [1.29, 1.82) is 0 Å². The predicted octanol–water partition coefficient (Wildman–Crippen LogP) is 6.69. The molecule has 0 bridgehead atoms. The van der Waals surface area contributed by atoms with Crippen LogP contribution in [-0.4, -0.2) is 25.1 Å². The molecule has 6 nitrogen and oxygen atoms in total. The number of nitrogens with zero attached hydrogens (tertiary/aromatic N) is 1. The first-order valence-corrected chi connectivity index (χ1v) is 11.1. The van der Waals surface area contributed by atoms with Gasteiger partial charge in [0.05, 0.1) is 18.7 Å². The Kier molecular flexibility index (Phi) is 6.62. The molecular weight excluding hydrogens is 540 g/mol. The zero-order valence-corrected chi connectivity index (χ0v) is 20.4. The van der Waals surface area contributed by atoms with Crippen molar-refractivity contribution in [2.45, 2.75) is 0 Å². The molecule has 1 N–H and O–H groups in total. The van der Waals surface area contributed by atoms with Crippen LogP contribution < -0.4 is 14.8 Å². The van der Waals surface area contributed by atoms with E-state index in [-0.39, 0.29) is 5.91 Å². The van der Waals surface area contributed by atoms with E-state index in [4.69, 9.17) is 13.9 Å². The van der Waals surface area contributed by atoms with Crippen LogP contribution in [0.2, 0.25) is 0 Å². The Balaban J connectivity index is 1.52. The molecule has 3 aromatic carbocycles. The quantitative estimate of drug-likeness (QED) is 0.267. The van der Waals surface area contributed by atoms with E-state index >= 15 is 0 Å². The Bertz CT molecular complexity index is 1330. The van der Waals surface area contributed by atoms with Crippen LogP contribution in [0.15, 0.2) is 74.0 Å². The molecule has 4 aromatic rings. The van der Waals surface area contributed by atoms with Gasteiger partial charge in [-0.1, -0.05) is 15.9 Å². The number of amides is 1. The predicted molar refractivity (Wildman–Crippen MR) is 132 cm³/mol. The van der Waals surface area contributed by atoms with Crippen LogP contribution in [0.25, 0.3) is 28.6 Å². The summed E-state index contributed by atoms with van der Waals surface area (Å²) in [6.45, 7) is 0. The van der Waals surface area contributed by atoms with Crippen LogP contribution in [0.3, 0.4) is 0 Å². The maximum Gasteiger partial charge on any atom is 0.248 e. The number of fused-ring (bicyclic) bond motifs is 1. The molecule has 1 amide bonds. The van der Waals surface area contributed by atoms with Crippen LogP contribution in [0.4, 0.5) is 5.69 Å². The van der Waals surface area contributed by atoms with Crippen molar-refractivity contribution < 1.29 is 18.7 Å². The fourth-order valence-corrected chi connectivity index (χ4v) is 4.03. The molecule has 0 unspecified atom stereocenters. The highest BCUT2D eigenvalue weighted by Gasteiger charge is 2.12. The van der Waals surface area contributed by atoms with Gasteiger partial charge in [0.15, 0.2) is 5.58 Å². The van der Waals surface area contributed by atoms with Crippen LogP contribution in [0, 0.1) is 0 Å². The highest BCUT2D eigenvalue weighted by atomic mass is 79.9. The zero-order chi connectivity index (χ0) is 22.7. The van der Waals surface area contributed by atoms with E-state index in [1.165, 1.54) is 6.08 Å². The van der Waals surface area contributed by atoms with Crippen molar-refractivity contribution in [2.75, 3.05) is 19.5 Å². The van der Waals surface area contributed by atoms with Crippen LogP contribution >= 0.6 is 31.9 Å². The first-order chi connectivity index (χ1) is 15.5. The smallest absolute Gasteiger partial charge is 0.248 e. The van der Waals surface area contributed by atoms with Crippen molar-refractivity contribution in [3.63, 3.8) is 0 Å². The molecule has 0 spiro atoms. The molecule has 4 rings (SSSR count). The number of carbonyl (C=O) groups excluding carboxylic acids is 1. The summed E-state index contributed by atoms with van der Waals surface area (Å²) in [5.41, 5.74) is 3.48. The number of ether oxygens (including phenoxy) is 2. The lowest BCUT2D eigenvalue weighted by Crippen LogP contribution is -2.07. The Morgan fingerprint density at radius 1 is 1.00 bits per heavy atom. The third kappa shape index (κ3) is 4.87.